The second-order valence-electron chi connectivity index (χ2n) is 4.05. The summed E-state index contributed by atoms with van der Waals surface area (Å²) in [6, 6.07) is 12.9. The van der Waals surface area contributed by atoms with Crippen molar-refractivity contribution in [3.8, 4) is 0 Å². The van der Waals surface area contributed by atoms with Gasteiger partial charge in [0.15, 0.2) is 0 Å². The minimum atomic E-state index is -0.567. The highest BCUT2D eigenvalue weighted by molar-refractivity contribution is 9.10. The van der Waals surface area contributed by atoms with Gasteiger partial charge in [0.25, 0.3) is 5.91 Å². The number of urea groups is 1. The summed E-state index contributed by atoms with van der Waals surface area (Å²) in [5.41, 5.74) is 5.52. The maximum atomic E-state index is 11.8. The van der Waals surface area contributed by atoms with Gasteiger partial charge in [-0.05, 0) is 42.5 Å². The van der Waals surface area contributed by atoms with Crippen molar-refractivity contribution in [2.45, 2.75) is 0 Å². The van der Waals surface area contributed by atoms with Crippen LogP contribution in [-0.4, -0.2) is 11.9 Å². The molecule has 0 aliphatic rings. The number of rotatable bonds is 2. The number of amides is 3. The summed E-state index contributed by atoms with van der Waals surface area (Å²) in [6.45, 7) is 0. The first-order valence-corrected chi connectivity index (χ1v) is 7.10. The molecule has 0 heterocycles. The van der Waals surface area contributed by atoms with E-state index in [1.165, 1.54) is 0 Å². The molecule has 0 aliphatic carbocycles. The van der Waals surface area contributed by atoms with Crippen molar-refractivity contribution in [2.24, 2.45) is 0 Å². The molecular weight excluding hydrogens is 358 g/mol. The Morgan fingerprint density at radius 2 is 1.71 bits per heavy atom. The van der Waals surface area contributed by atoms with Gasteiger partial charge >= 0.3 is 6.03 Å². The molecule has 0 aromatic heterocycles. The Morgan fingerprint density at radius 3 is 2.38 bits per heavy atom. The van der Waals surface area contributed by atoms with Crippen LogP contribution < -0.4 is 16.2 Å². The summed E-state index contributed by atoms with van der Waals surface area (Å²) in [4.78, 5) is 23.4. The van der Waals surface area contributed by atoms with Gasteiger partial charge in [-0.25, -0.2) is 10.2 Å². The van der Waals surface area contributed by atoms with Gasteiger partial charge in [0.1, 0.15) is 0 Å². The van der Waals surface area contributed by atoms with Crippen molar-refractivity contribution in [3.05, 3.63) is 63.6 Å². The molecule has 0 aliphatic heterocycles. The molecule has 3 N–H and O–H groups in total. The zero-order valence-corrected chi connectivity index (χ0v) is 13.0. The van der Waals surface area contributed by atoms with E-state index in [1.807, 2.05) is 0 Å². The predicted octanol–water partition coefficient (Wildman–Crippen LogP) is 3.57. The summed E-state index contributed by atoms with van der Waals surface area (Å²) in [5.74, 6) is -0.413. The molecular formula is C14H11BrClN3O2. The number of hydrogen-bond acceptors (Lipinski definition) is 2. The SMILES string of the molecule is O=C(NNC(=O)c1ccc(Br)cc1)Nc1cccc(Cl)c1. The molecule has 2 aromatic carbocycles. The second kappa shape index (κ2) is 7.10. The molecule has 0 spiro atoms. The molecule has 2 aromatic rings. The highest BCUT2D eigenvalue weighted by Gasteiger charge is 2.07. The first-order chi connectivity index (χ1) is 10.0. The molecule has 0 bridgehead atoms. The first kappa shape index (κ1) is 15.3. The summed E-state index contributed by atoms with van der Waals surface area (Å²) < 4.78 is 0.866. The van der Waals surface area contributed by atoms with Gasteiger partial charge in [0.05, 0.1) is 0 Å². The van der Waals surface area contributed by atoms with Crippen LogP contribution in [0.15, 0.2) is 53.0 Å². The van der Waals surface area contributed by atoms with E-state index in [4.69, 9.17) is 11.6 Å². The quantitative estimate of drug-likeness (QED) is 0.709. The van der Waals surface area contributed by atoms with Crippen LogP contribution in [0.2, 0.25) is 5.02 Å². The number of anilines is 1. The van der Waals surface area contributed by atoms with E-state index in [-0.39, 0.29) is 0 Å². The third kappa shape index (κ3) is 4.77. The minimum absolute atomic E-state index is 0.413. The van der Waals surface area contributed by atoms with Crippen molar-refractivity contribution in [3.63, 3.8) is 0 Å². The molecule has 0 saturated carbocycles. The van der Waals surface area contributed by atoms with Crippen LogP contribution in [0, 0.1) is 0 Å². The molecule has 108 valence electrons. The van der Waals surface area contributed by atoms with Crippen molar-refractivity contribution in [1.29, 1.82) is 0 Å². The fourth-order valence-electron chi connectivity index (χ4n) is 1.52. The number of carbonyl (C=O) groups excluding carboxylic acids is 2. The second-order valence-corrected chi connectivity index (χ2v) is 5.40. The van der Waals surface area contributed by atoms with E-state index in [0.29, 0.717) is 16.3 Å². The minimum Gasteiger partial charge on any atom is -0.307 e. The summed E-state index contributed by atoms with van der Waals surface area (Å²) in [5, 5.41) is 3.05. The summed E-state index contributed by atoms with van der Waals surface area (Å²) in [7, 11) is 0. The Balaban J connectivity index is 1.86. The lowest BCUT2D eigenvalue weighted by molar-refractivity contribution is 0.0938. The van der Waals surface area contributed by atoms with Crippen molar-refractivity contribution in [1.82, 2.24) is 10.9 Å². The molecule has 7 heteroatoms. The maximum absolute atomic E-state index is 11.8. The van der Waals surface area contributed by atoms with E-state index >= 15 is 0 Å². The average molecular weight is 369 g/mol. The van der Waals surface area contributed by atoms with Crippen LogP contribution in [0.3, 0.4) is 0 Å². The third-order valence-corrected chi connectivity index (χ3v) is 3.24. The molecule has 3 amide bonds. The Kier molecular flexibility index (Phi) is 5.19. The van der Waals surface area contributed by atoms with Gasteiger partial charge in [-0.2, -0.15) is 0 Å². The fourth-order valence-corrected chi connectivity index (χ4v) is 1.97. The monoisotopic (exact) mass is 367 g/mol. The first-order valence-electron chi connectivity index (χ1n) is 5.93. The summed E-state index contributed by atoms with van der Waals surface area (Å²) in [6.07, 6.45) is 0. The van der Waals surface area contributed by atoms with Crippen LogP contribution in [0.4, 0.5) is 10.5 Å². The molecule has 0 atom stereocenters. The Morgan fingerprint density at radius 1 is 1.00 bits per heavy atom. The number of benzene rings is 2. The van der Waals surface area contributed by atoms with Crippen LogP contribution in [0.1, 0.15) is 10.4 Å². The highest BCUT2D eigenvalue weighted by atomic mass is 79.9. The van der Waals surface area contributed by atoms with E-state index in [1.54, 1.807) is 48.5 Å². The largest absolute Gasteiger partial charge is 0.337 e. The van der Waals surface area contributed by atoms with Gasteiger partial charge in [-0.3, -0.25) is 10.2 Å². The lowest BCUT2D eigenvalue weighted by Crippen LogP contribution is -2.43. The van der Waals surface area contributed by atoms with Crippen LogP contribution in [0.25, 0.3) is 0 Å². The van der Waals surface area contributed by atoms with E-state index in [2.05, 4.69) is 32.1 Å². The molecule has 21 heavy (non-hydrogen) atoms. The van der Waals surface area contributed by atoms with Crippen molar-refractivity contribution < 1.29 is 9.59 Å². The predicted molar refractivity (Wildman–Crippen MR) is 85.2 cm³/mol. The van der Waals surface area contributed by atoms with Gasteiger partial charge in [0, 0.05) is 20.7 Å². The van der Waals surface area contributed by atoms with E-state index in [9.17, 15) is 9.59 Å². The Labute approximate surface area is 134 Å². The van der Waals surface area contributed by atoms with Crippen molar-refractivity contribution in [2.75, 3.05) is 5.32 Å². The van der Waals surface area contributed by atoms with Crippen LogP contribution in [-0.2, 0) is 0 Å². The topological polar surface area (TPSA) is 70.2 Å². The van der Waals surface area contributed by atoms with E-state index in [0.717, 1.165) is 4.47 Å². The highest BCUT2D eigenvalue weighted by Crippen LogP contribution is 2.14. The molecule has 2 rings (SSSR count). The van der Waals surface area contributed by atoms with Gasteiger partial charge in [-0.1, -0.05) is 33.6 Å². The van der Waals surface area contributed by atoms with Gasteiger partial charge < -0.3 is 5.32 Å². The molecule has 0 saturated heterocycles. The zero-order valence-electron chi connectivity index (χ0n) is 10.7. The molecule has 0 fully saturated rings. The number of hydrogen-bond donors (Lipinski definition) is 3. The number of nitrogens with one attached hydrogen (secondary N) is 3. The lowest BCUT2D eigenvalue weighted by atomic mass is 10.2. The Bertz CT molecular complexity index is 662. The van der Waals surface area contributed by atoms with Crippen LogP contribution in [0.5, 0.6) is 0 Å². The number of carbonyl (C=O) groups is 2. The van der Waals surface area contributed by atoms with Crippen molar-refractivity contribution >= 4 is 45.2 Å². The van der Waals surface area contributed by atoms with Crippen LogP contribution >= 0.6 is 27.5 Å². The normalized spacial score (nSPS) is 9.81. The Hall–Kier alpha value is -2.05. The molecule has 0 unspecified atom stereocenters. The fraction of sp³-hybridized carbons (Fsp3) is 0. The zero-order chi connectivity index (χ0) is 15.2. The number of hydrazine groups is 1. The number of halogens is 2. The smallest absolute Gasteiger partial charge is 0.307 e. The standard InChI is InChI=1S/C14H11BrClN3O2/c15-10-6-4-9(5-7-10)13(20)18-19-14(21)17-12-3-1-2-11(16)8-12/h1-8H,(H,18,20)(H2,17,19,21). The maximum Gasteiger partial charge on any atom is 0.337 e. The van der Waals surface area contributed by atoms with Gasteiger partial charge in [-0.15, -0.1) is 0 Å². The lowest BCUT2D eigenvalue weighted by Gasteiger charge is -2.09. The van der Waals surface area contributed by atoms with E-state index < -0.39 is 11.9 Å². The molecule has 5 nitrogen and oxygen atoms in total. The summed E-state index contributed by atoms with van der Waals surface area (Å²) >= 11 is 9.08. The average Bonchev–Trinajstić information content (AvgIpc) is 2.45. The molecule has 0 radical (unpaired) electrons. The van der Waals surface area contributed by atoms with Gasteiger partial charge in [0.2, 0.25) is 0 Å². The third-order valence-electron chi connectivity index (χ3n) is 2.48.